The van der Waals surface area contributed by atoms with Crippen LogP contribution in [0.25, 0.3) is 5.76 Å². The van der Waals surface area contributed by atoms with Gasteiger partial charge in [-0.15, -0.1) is 0 Å². The number of phenols is 1. The Morgan fingerprint density at radius 3 is 2.66 bits per heavy atom. The maximum absolute atomic E-state index is 13.4. The number of benzene rings is 2. The Hall–Kier alpha value is -3.08. The molecule has 3 aliphatic rings. The number of likely N-dealkylation sites (tertiary alicyclic amines) is 1. The van der Waals surface area contributed by atoms with Gasteiger partial charge in [-0.25, -0.2) is 0 Å². The molecule has 0 aliphatic carbocycles. The molecule has 2 aromatic rings. The minimum atomic E-state index is -0.853. The Bertz CT molecular complexity index is 1290. The van der Waals surface area contributed by atoms with Crippen LogP contribution < -0.4 is 9.47 Å². The monoisotopic (exact) mass is 586 g/mol. The van der Waals surface area contributed by atoms with Crippen LogP contribution in [0.15, 0.2) is 40.4 Å². The van der Waals surface area contributed by atoms with Gasteiger partial charge < -0.3 is 29.3 Å². The molecular formula is C28H31BrN2O7. The molecular weight excluding hydrogens is 556 g/mol. The second-order valence-corrected chi connectivity index (χ2v) is 10.7. The van der Waals surface area contributed by atoms with E-state index in [1.54, 1.807) is 24.3 Å². The molecule has 0 radical (unpaired) electrons. The molecule has 5 rings (SSSR count). The predicted octanol–water partition coefficient (Wildman–Crippen LogP) is 3.63. The van der Waals surface area contributed by atoms with E-state index in [2.05, 4.69) is 20.8 Å². The number of morpholine rings is 1. The number of aliphatic hydroxyl groups is 1. The number of carbonyl (C=O) groups excluding carboxylic acids is 2. The lowest BCUT2D eigenvalue weighted by Crippen LogP contribution is -2.39. The second kappa shape index (κ2) is 11.0. The van der Waals surface area contributed by atoms with Gasteiger partial charge in [0.25, 0.3) is 11.7 Å². The molecule has 10 heteroatoms. The van der Waals surface area contributed by atoms with Gasteiger partial charge in [-0.3, -0.25) is 14.5 Å². The van der Waals surface area contributed by atoms with E-state index in [0.717, 1.165) is 30.9 Å². The number of rotatable bonds is 7. The van der Waals surface area contributed by atoms with Crippen LogP contribution in [0.3, 0.4) is 0 Å². The Balaban J connectivity index is 1.54. The number of phenolic OH excluding ortho intramolecular Hbond substituents is 1. The van der Waals surface area contributed by atoms with Gasteiger partial charge in [0.15, 0.2) is 11.5 Å². The van der Waals surface area contributed by atoms with E-state index < -0.39 is 17.7 Å². The zero-order valence-corrected chi connectivity index (χ0v) is 23.0. The van der Waals surface area contributed by atoms with Crippen LogP contribution in [0.5, 0.6) is 17.2 Å². The summed E-state index contributed by atoms with van der Waals surface area (Å²) in [4.78, 5) is 30.5. The molecule has 2 fully saturated rings. The SMILES string of the molecule is COc1cc([C@@H]2C(=C(O)c3ccc4c(c3)C[C@@H](C)O4)C(=O)C(=O)N2CCCN2CCOCC2)cc(Br)c1O. The fraction of sp³-hybridized carbons (Fsp3) is 0.429. The minimum absolute atomic E-state index is 0.00734. The summed E-state index contributed by atoms with van der Waals surface area (Å²) in [7, 11) is 1.43. The van der Waals surface area contributed by atoms with Crippen molar-refractivity contribution < 1.29 is 34.0 Å². The number of aliphatic hydroxyl groups excluding tert-OH is 1. The molecule has 3 aliphatic heterocycles. The zero-order chi connectivity index (χ0) is 27.0. The third-order valence-corrected chi connectivity index (χ3v) is 7.88. The highest BCUT2D eigenvalue weighted by Crippen LogP contribution is 2.45. The van der Waals surface area contributed by atoms with Crippen molar-refractivity contribution >= 4 is 33.4 Å². The van der Waals surface area contributed by atoms with Crippen LogP contribution in [0, 0.1) is 0 Å². The third-order valence-electron chi connectivity index (χ3n) is 7.27. The molecule has 9 nitrogen and oxygen atoms in total. The molecule has 0 spiro atoms. The summed E-state index contributed by atoms with van der Waals surface area (Å²) in [6.07, 6.45) is 1.37. The van der Waals surface area contributed by atoms with E-state index in [0.29, 0.717) is 48.2 Å². The Morgan fingerprint density at radius 1 is 1.16 bits per heavy atom. The van der Waals surface area contributed by atoms with E-state index in [-0.39, 0.29) is 28.9 Å². The van der Waals surface area contributed by atoms with Gasteiger partial charge in [0.1, 0.15) is 17.6 Å². The molecule has 0 bridgehead atoms. The second-order valence-electron chi connectivity index (χ2n) is 9.81. The lowest BCUT2D eigenvalue weighted by atomic mass is 9.94. The number of carbonyl (C=O) groups is 2. The van der Waals surface area contributed by atoms with E-state index in [9.17, 15) is 19.8 Å². The first-order chi connectivity index (χ1) is 18.3. The molecule has 0 aromatic heterocycles. The number of ketones is 1. The molecule has 2 aromatic carbocycles. The van der Waals surface area contributed by atoms with Gasteiger partial charge in [0, 0.05) is 38.2 Å². The number of amides is 1. The number of methoxy groups -OCH3 is 1. The van der Waals surface area contributed by atoms with Crippen LogP contribution in [-0.4, -0.2) is 84.3 Å². The van der Waals surface area contributed by atoms with Crippen molar-refractivity contribution in [2.75, 3.05) is 46.5 Å². The molecule has 2 saturated heterocycles. The van der Waals surface area contributed by atoms with Crippen molar-refractivity contribution in [3.63, 3.8) is 0 Å². The largest absolute Gasteiger partial charge is 0.507 e. The van der Waals surface area contributed by atoms with Gasteiger partial charge in [0.05, 0.1) is 36.4 Å². The van der Waals surface area contributed by atoms with Crippen molar-refractivity contribution in [3.8, 4) is 17.2 Å². The Kier molecular flexibility index (Phi) is 7.65. The van der Waals surface area contributed by atoms with Crippen LogP contribution in [-0.2, 0) is 20.7 Å². The van der Waals surface area contributed by atoms with E-state index in [4.69, 9.17) is 14.2 Å². The van der Waals surface area contributed by atoms with Crippen molar-refractivity contribution in [2.24, 2.45) is 0 Å². The van der Waals surface area contributed by atoms with Crippen molar-refractivity contribution in [1.82, 2.24) is 9.80 Å². The van der Waals surface area contributed by atoms with Gasteiger partial charge in [-0.2, -0.15) is 0 Å². The first-order valence-corrected chi connectivity index (χ1v) is 13.5. The summed E-state index contributed by atoms with van der Waals surface area (Å²) in [6, 6.07) is 7.68. The highest BCUT2D eigenvalue weighted by atomic mass is 79.9. The minimum Gasteiger partial charge on any atom is -0.507 e. The third kappa shape index (κ3) is 5.00. The van der Waals surface area contributed by atoms with Crippen LogP contribution >= 0.6 is 15.9 Å². The number of Topliss-reactive ketones (excluding diaryl/α,β-unsaturated/α-hetero) is 1. The Labute approximate surface area is 229 Å². The van der Waals surface area contributed by atoms with Gasteiger partial charge in [-0.05, 0) is 70.7 Å². The number of hydrogen-bond donors (Lipinski definition) is 2. The standard InChI is InChI=1S/C28H31BrN2O7/c1-16-12-18-13-17(4-5-21(18)38-16)25(32)23-24(19-14-20(29)26(33)22(15-19)36-2)31(28(35)27(23)34)7-3-6-30-8-10-37-11-9-30/h4-5,13-16,24,32-33H,3,6-12H2,1-2H3/t16-,24-/m1/s1. The molecule has 2 N–H and O–H groups in total. The summed E-state index contributed by atoms with van der Waals surface area (Å²) >= 11 is 3.35. The maximum atomic E-state index is 13.4. The van der Waals surface area contributed by atoms with Crippen LogP contribution in [0.2, 0.25) is 0 Å². The van der Waals surface area contributed by atoms with Crippen LogP contribution in [0.4, 0.5) is 0 Å². The summed E-state index contributed by atoms with van der Waals surface area (Å²) in [5.74, 6) is -0.798. The zero-order valence-electron chi connectivity index (χ0n) is 21.4. The molecule has 3 heterocycles. The topological polar surface area (TPSA) is 109 Å². The van der Waals surface area contributed by atoms with Crippen LogP contribution in [0.1, 0.15) is 36.1 Å². The molecule has 0 unspecified atom stereocenters. The lowest BCUT2D eigenvalue weighted by Gasteiger charge is -2.29. The average molecular weight is 587 g/mol. The van der Waals surface area contributed by atoms with E-state index >= 15 is 0 Å². The smallest absolute Gasteiger partial charge is 0.295 e. The first-order valence-electron chi connectivity index (χ1n) is 12.7. The fourth-order valence-electron chi connectivity index (χ4n) is 5.38. The van der Waals surface area contributed by atoms with Gasteiger partial charge >= 0.3 is 0 Å². The van der Waals surface area contributed by atoms with E-state index in [1.807, 2.05) is 13.0 Å². The summed E-state index contributed by atoms with van der Waals surface area (Å²) in [6.45, 7) is 6.05. The summed E-state index contributed by atoms with van der Waals surface area (Å²) in [5.41, 5.74) is 1.93. The number of ether oxygens (including phenoxy) is 3. The Morgan fingerprint density at radius 2 is 1.92 bits per heavy atom. The van der Waals surface area contributed by atoms with Crippen molar-refractivity contribution in [3.05, 3.63) is 57.1 Å². The quantitative estimate of drug-likeness (QED) is 0.287. The van der Waals surface area contributed by atoms with Crippen molar-refractivity contribution in [1.29, 1.82) is 0 Å². The number of halogens is 1. The number of aromatic hydroxyl groups is 1. The molecule has 0 saturated carbocycles. The summed E-state index contributed by atoms with van der Waals surface area (Å²) < 4.78 is 16.9. The van der Waals surface area contributed by atoms with Crippen molar-refractivity contribution in [2.45, 2.75) is 31.9 Å². The highest BCUT2D eigenvalue weighted by molar-refractivity contribution is 9.10. The molecule has 2 atom stereocenters. The number of nitrogens with zero attached hydrogens (tertiary/aromatic N) is 2. The van der Waals surface area contributed by atoms with Gasteiger partial charge in [0.2, 0.25) is 0 Å². The number of fused-ring (bicyclic) bond motifs is 1. The summed E-state index contributed by atoms with van der Waals surface area (Å²) in [5, 5.41) is 21.8. The molecule has 1 amide bonds. The highest BCUT2D eigenvalue weighted by Gasteiger charge is 2.46. The lowest BCUT2D eigenvalue weighted by molar-refractivity contribution is -0.140. The normalized spacial score (nSPS) is 23.0. The van der Waals surface area contributed by atoms with Gasteiger partial charge in [-0.1, -0.05) is 0 Å². The molecule has 38 heavy (non-hydrogen) atoms. The van der Waals surface area contributed by atoms with E-state index in [1.165, 1.54) is 12.0 Å². The maximum Gasteiger partial charge on any atom is 0.295 e. The predicted molar refractivity (Wildman–Crippen MR) is 143 cm³/mol. The molecule has 202 valence electrons. The number of hydrogen-bond acceptors (Lipinski definition) is 8. The first kappa shape index (κ1) is 26.5. The average Bonchev–Trinajstić information content (AvgIpc) is 3.41. The fourth-order valence-corrected chi connectivity index (χ4v) is 5.84.